The van der Waals surface area contributed by atoms with Gasteiger partial charge in [-0.2, -0.15) is 5.10 Å². The number of benzene rings is 1. The lowest BCUT2D eigenvalue weighted by Gasteiger charge is -2.26. The molecule has 1 heterocycles. The van der Waals surface area contributed by atoms with Gasteiger partial charge in [-0.1, -0.05) is 0 Å². The van der Waals surface area contributed by atoms with Gasteiger partial charge in [0.15, 0.2) is 11.7 Å². The highest BCUT2D eigenvalue weighted by Crippen LogP contribution is 2.14. The second-order valence-electron chi connectivity index (χ2n) is 5.92. The lowest BCUT2D eigenvalue weighted by Crippen LogP contribution is -2.38. The largest absolute Gasteiger partial charge is 0.484 e. The van der Waals surface area contributed by atoms with Crippen molar-refractivity contribution in [2.75, 3.05) is 26.2 Å². The number of hydrogen-bond acceptors (Lipinski definition) is 4. The van der Waals surface area contributed by atoms with Gasteiger partial charge in [-0.3, -0.25) is 10.2 Å². The Balaban J connectivity index is 1.83. The predicted octanol–water partition coefficient (Wildman–Crippen LogP) is 2.29. The first-order valence-electron chi connectivity index (χ1n) is 8.69. The lowest BCUT2D eigenvalue weighted by molar-refractivity contribution is -0.134. The van der Waals surface area contributed by atoms with Gasteiger partial charge in [0.25, 0.3) is 5.91 Å². The van der Waals surface area contributed by atoms with Gasteiger partial charge in [-0.25, -0.2) is 0 Å². The number of piperidine rings is 1. The molecule has 1 aromatic carbocycles. The minimum Gasteiger partial charge on any atom is -0.484 e. The van der Waals surface area contributed by atoms with E-state index in [0.717, 1.165) is 43.8 Å². The standard InChI is InChI=1S/C18H26N4O2S/c1-3-19-18(25)21-20-14(2)15-7-9-16(10-8-15)24-13-17(23)22-11-5-4-6-12-22/h7-10H,3-6,11-13H2,1-2H3,(H2,19,21,25)/b20-14-. The van der Waals surface area contributed by atoms with Crippen LogP contribution in [-0.4, -0.2) is 47.9 Å². The molecule has 0 atom stereocenters. The van der Waals surface area contributed by atoms with Crippen LogP contribution in [0.15, 0.2) is 29.4 Å². The van der Waals surface area contributed by atoms with Gasteiger partial charge in [0.05, 0.1) is 5.71 Å². The van der Waals surface area contributed by atoms with E-state index in [-0.39, 0.29) is 12.5 Å². The fourth-order valence-electron chi connectivity index (χ4n) is 2.57. The number of hydrogen-bond donors (Lipinski definition) is 2. The van der Waals surface area contributed by atoms with Crippen LogP contribution >= 0.6 is 12.2 Å². The molecule has 0 spiro atoms. The zero-order valence-corrected chi connectivity index (χ0v) is 15.7. The smallest absolute Gasteiger partial charge is 0.260 e. The summed E-state index contributed by atoms with van der Waals surface area (Å²) >= 11 is 5.07. The minimum atomic E-state index is 0.0580. The summed E-state index contributed by atoms with van der Waals surface area (Å²) in [5.41, 5.74) is 4.58. The van der Waals surface area contributed by atoms with Crippen LogP contribution in [0.3, 0.4) is 0 Å². The molecular weight excluding hydrogens is 336 g/mol. The molecule has 1 aliphatic rings. The molecule has 2 N–H and O–H groups in total. The molecule has 0 aliphatic carbocycles. The number of thiocarbonyl (C=S) groups is 1. The molecule has 1 aromatic rings. The Morgan fingerprint density at radius 3 is 2.56 bits per heavy atom. The number of amides is 1. The average Bonchev–Trinajstić information content (AvgIpc) is 2.65. The number of likely N-dealkylation sites (tertiary alicyclic amines) is 1. The first-order chi connectivity index (χ1) is 12.1. The molecule has 0 unspecified atom stereocenters. The van der Waals surface area contributed by atoms with Gasteiger partial charge < -0.3 is 15.0 Å². The second kappa shape index (κ2) is 9.98. The molecule has 1 amide bonds. The molecule has 0 radical (unpaired) electrons. The first-order valence-corrected chi connectivity index (χ1v) is 9.10. The molecule has 0 saturated carbocycles. The molecule has 2 rings (SSSR count). The molecule has 25 heavy (non-hydrogen) atoms. The maximum absolute atomic E-state index is 12.1. The van der Waals surface area contributed by atoms with Crippen molar-refractivity contribution in [3.63, 3.8) is 0 Å². The molecule has 1 fully saturated rings. The average molecular weight is 362 g/mol. The van der Waals surface area contributed by atoms with E-state index in [1.54, 1.807) is 0 Å². The molecular formula is C18H26N4O2S. The molecule has 0 aromatic heterocycles. The summed E-state index contributed by atoms with van der Waals surface area (Å²) in [4.78, 5) is 14.0. The fourth-order valence-corrected chi connectivity index (χ4v) is 2.76. The first kappa shape index (κ1) is 19.2. The number of nitrogens with one attached hydrogen (secondary N) is 2. The van der Waals surface area contributed by atoms with Crippen molar-refractivity contribution in [2.45, 2.75) is 33.1 Å². The Kier molecular flexibility index (Phi) is 7.66. The van der Waals surface area contributed by atoms with E-state index in [4.69, 9.17) is 17.0 Å². The number of hydrazone groups is 1. The van der Waals surface area contributed by atoms with Gasteiger partial charge in [0.2, 0.25) is 0 Å². The third-order valence-corrected chi connectivity index (χ3v) is 4.24. The molecule has 1 aliphatic heterocycles. The number of carbonyl (C=O) groups excluding carboxylic acids is 1. The van der Waals surface area contributed by atoms with Gasteiger partial charge in [0, 0.05) is 19.6 Å². The summed E-state index contributed by atoms with van der Waals surface area (Å²) in [6, 6.07) is 7.52. The van der Waals surface area contributed by atoms with Crippen LogP contribution in [-0.2, 0) is 4.79 Å². The van der Waals surface area contributed by atoms with Gasteiger partial charge in [-0.05, 0) is 75.2 Å². The third kappa shape index (κ3) is 6.34. The zero-order chi connectivity index (χ0) is 18.1. The highest BCUT2D eigenvalue weighted by molar-refractivity contribution is 7.80. The lowest BCUT2D eigenvalue weighted by atomic mass is 10.1. The van der Waals surface area contributed by atoms with E-state index in [2.05, 4.69) is 15.8 Å². The fraction of sp³-hybridized carbons (Fsp3) is 0.500. The van der Waals surface area contributed by atoms with E-state index in [1.807, 2.05) is 43.0 Å². The molecule has 1 saturated heterocycles. The van der Waals surface area contributed by atoms with E-state index in [0.29, 0.717) is 10.9 Å². The van der Waals surface area contributed by atoms with Crippen LogP contribution in [0.5, 0.6) is 5.75 Å². The van der Waals surface area contributed by atoms with Crippen molar-refractivity contribution in [3.05, 3.63) is 29.8 Å². The summed E-state index contributed by atoms with van der Waals surface area (Å²) in [6.45, 7) is 6.40. The minimum absolute atomic E-state index is 0.0580. The monoisotopic (exact) mass is 362 g/mol. The maximum atomic E-state index is 12.1. The van der Waals surface area contributed by atoms with Crippen LogP contribution in [0.2, 0.25) is 0 Å². The highest BCUT2D eigenvalue weighted by Gasteiger charge is 2.16. The Bertz CT molecular complexity index is 610. The molecule has 6 nitrogen and oxygen atoms in total. The zero-order valence-electron chi connectivity index (χ0n) is 14.9. The van der Waals surface area contributed by atoms with Gasteiger partial charge in [0.1, 0.15) is 5.75 Å². The van der Waals surface area contributed by atoms with Crippen LogP contribution in [0.4, 0.5) is 0 Å². The summed E-state index contributed by atoms with van der Waals surface area (Å²) in [7, 11) is 0. The summed E-state index contributed by atoms with van der Waals surface area (Å²) < 4.78 is 5.61. The van der Waals surface area contributed by atoms with E-state index >= 15 is 0 Å². The van der Waals surface area contributed by atoms with Crippen LogP contribution in [0.25, 0.3) is 0 Å². The topological polar surface area (TPSA) is 66.0 Å². The van der Waals surface area contributed by atoms with Crippen LogP contribution in [0, 0.1) is 0 Å². The SMILES string of the molecule is CCNC(=S)N/N=C(/C)c1ccc(OCC(=O)N2CCCCC2)cc1. The van der Waals surface area contributed by atoms with Crippen molar-refractivity contribution in [1.29, 1.82) is 0 Å². The van der Waals surface area contributed by atoms with Crippen molar-refractivity contribution in [3.8, 4) is 5.75 Å². The van der Waals surface area contributed by atoms with Gasteiger partial charge >= 0.3 is 0 Å². The number of nitrogens with zero attached hydrogens (tertiary/aromatic N) is 2. The van der Waals surface area contributed by atoms with Crippen molar-refractivity contribution in [1.82, 2.24) is 15.6 Å². The quantitative estimate of drug-likeness (QED) is 0.462. The highest BCUT2D eigenvalue weighted by atomic mass is 32.1. The molecule has 7 heteroatoms. The van der Waals surface area contributed by atoms with Gasteiger partial charge in [-0.15, -0.1) is 0 Å². The molecule has 0 bridgehead atoms. The maximum Gasteiger partial charge on any atom is 0.260 e. The Morgan fingerprint density at radius 2 is 1.92 bits per heavy atom. The normalized spacial score (nSPS) is 14.8. The van der Waals surface area contributed by atoms with E-state index in [1.165, 1.54) is 6.42 Å². The number of carbonyl (C=O) groups is 1. The Morgan fingerprint density at radius 1 is 1.24 bits per heavy atom. The van der Waals surface area contributed by atoms with Crippen LogP contribution < -0.4 is 15.5 Å². The second-order valence-corrected chi connectivity index (χ2v) is 6.33. The Labute approximate surface area is 154 Å². The van der Waals surface area contributed by atoms with Crippen molar-refractivity contribution < 1.29 is 9.53 Å². The summed E-state index contributed by atoms with van der Waals surface area (Å²) in [6.07, 6.45) is 3.38. The van der Waals surface area contributed by atoms with E-state index < -0.39 is 0 Å². The number of ether oxygens (including phenoxy) is 1. The summed E-state index contributed by atoms with van der Waals surface area (Å²) in [5, 5.41) is 7.71. The predicted molar refractivity (Wildman–Crippen MR) is 104 cm³/mol. The van der Waals surface area contributed by atoms with Crippen molar-refractivity contribution >= 4 is 28.9 Å². The third-order valence-electron chi connectivity index (χ3n) is 4.01. The number of rotatable bonds is 6. The molecule has 136 valence electrons. The Hall–Kier alpha value is -2.15. The van der Waals surface area contributed by atoms with Crippen LogP contribution in [0.1, 0.15) is 38.7 Å². The van der Waals surface area contributed by atoms with Crippen molar-refractivity contribution in [2.24, 2.45) is 5.10 Å². The van der Waals surface area contributed by atoms with E-state index in [9.17, 15) is 4.79 Å². The summed E-state index contributed by atoms with van der Waals surface area (Å²) in [5.74, 6) is 0.737.